The third kappa shape index (κ3) is 3.59. The Morgan fingerprint density at radius 2 is 1.68 bits per heavy atom. The van der Waals surface area contributed by atoms with Gasteiger partial charge >= 0.3 is 5.97 Å². The summed E-state index contributed by atoms with van der Waals surface area (Å²) in [6.45, 7) is 0. The molecule has 0 saturated heterocycles. The number of anilines is 1. The summed E-state index contributed by atoms with van der Waals surface area (Å²) in [6, 6.07) is 7.85. The normalized spacial score (nSPS) is 10.2. The molecule has 0 radical (unpaired) electrons. The smallest absolute Gasteiger partial charge is 0.337 e. The minimum atomic E-state index is -0.765. The van der Waals surface area contributed by atoms with Crippen molar-refractivity contribution in [2.75, 3.05) is 12.4 Å². The number of ether oxygens (including phenoxy) is 1. The van der Waals surface area contributed by atoms with Crippen molar-refractivity contribution >= 4 is 40.2 Å². The maximum atomic E-state index is 13.4. The van der Waals surface area contributed by atoms with Gasteiger partial charge in [0, 0.05) is 11.3 Å². The first-order valence-corrected chi connectivity index (χ1v) is 7.14. The van der Waals surface area contributed by atoms with Gasteiger partial charge < -0.3 is 10.1 Å². The van der Waals surface area contributed by atoms with E-state index in [1.807, 2.05) is 0 Å². The number of hydrogen-bond acceptors (Lipinski definition) is 3. The first-order chi connectivity index (χ1) is 10.4. The van der Waals surface area contributed by atoms with E-state index in [9.17, 15) is 18.4 Å². The summed E-state index contributed by atoms with van der Waals surface area (Å²) < 4.78 is 31.3. The van der Waals surface area contributed by atoms with Crippen LogP contribution in [-0.2, 0) is 4.74 Å². The van der Waals surface area contributed by atoms with Crippen LogP contribution in [0.1, 0.15) is 20.7 Å². The fourth-order valence-corrected chi connectivity index (χ4v) is 2.05. The topological polar surface area (TPSA) is 55.4 Å². The fourth-order valence-electron chi connectivity index (χ4n) is 1.74. The molecule has 0 aliphatic heterocycles. The Labute approximate surface area is 138 Å². The van der Waals surface area contributed by atoms with Crippen LogP contribution < -0.4 is 5.32 Å². The van der Waals surface area contributed by atoms with Crippen LogP contribution >= 0.6 is 22.6 Å². The Morgan fingerprint density at radius 3 is 2.27 bits per heavy atom. The fraction of sp³-hybridized carbons (Fsp3) is 0.0667. The van der Waals surface area contributed by atoms with E-state index < -0.39 is 23.5 Å². The van der Waals surface area contributed by atoms with Gasteiger partial charge in [-0.1, -0.05) is 6.07 Å². The number of methoxy groups -OCH3 is 1. The molecule has 0 bridgehead atoms. The van der Waals surface area contributed by atoms with E-state index >= 15 is 0 Å². The molecule has 0 unspecified atom stereocenters. The summed E-state index contributed by atoms with van der Waals surface area (Å²) in [7, 11) is 1.23. The summed E-state index contributed by atoms with van der Waals surface area (Å²) >= 11 is 1.53. The van der Waals surface area contributed by atoms with E-state index in [1.165, 1.54) is 54.0 Å². The predicted octanol–water partition coefficient (Wildman–Crippen LogP) is 3.61. The number of amides is 1. The highest BCUT2D eigenvalue weighted by Crippen LogP contribution is 2.21. The number of halogens is 3. The van der Waals surface area contributed by atoms with Crippen molar-refractivity contribution in [1.29, 1.82) is 0 Å². The standard InChI is InChI=1S/C15H10F2INO3/c1-22-15(21)9-4-2-3-8(5-9)14(20)19-10-6-11(16)13(18)12(17)7-10/h2-7H,1H3,(H,19,20). The minimum Gasteiger partial charge on any atom is -0.465 e. The Bertz CT molecular complexity index is 726. The molecule has 2 aromatic rings. The van der Waals surface area contributed by atoms with E-state index in [0.29, 0.717) is 0 Å². The zero-order valence-corrected chi connectivity index (χ0v) is 13.5. The second kappa shape index (κ2) is 6.82. The zero-order chi connectivity index (χ0) is 16.3. The van der Waals surface area contributed by atoms with Crippen LogP contribution in [-0.4, -0.2) is 19.0 Å². The molecule has 0 aliphatic carbocycles. The van der Waals surface area contributed by atoms with Crippen molar-refractivity contribution in [3.05, 3.63) is 62.7 Å². The van der Waals surface area contributed by atoms with Gasteiger partial charge in [-0.3, -0.25) is 4.79 Å². The van der Waals surface area contributed by atoms with Crippen molar-refractivity contribution in [2.45, 2.75) is 0 Å². The second-order valence-corrected chi connectivity index (χ2v) is 5.36. The van der Waals surface area contributed by atoms with Gasteiger partial charge in [0.05, 0.1) is 16.2 Å². The average Bonchev–Trinajstić information content (AvgIpc) is 2.51. The number of rotatable bonds is 3. The van der Waals surface area contributed by atoms with Crippen molar-refractivity contribution in [2.24, 2.45) is 0 Å². The summed E-state index contributed by atoms with van der Waals surface area (Å²) in [6.07, 6.45) is 0. The molecule has 114 valence electrons. The van der Waals surface area contributed by atoms with Gasteiger partial charge in [0.15, 0.2) is 0 Å². The largest absolute Gasteiger partial charge is 0.465 e. The monoisotopic (exact) mass is 417 g/mol. The SMILES string of the molecule is COC(=O)c1cccc(C(=O)Nc2cc(F)c(I)c(F)c2)c1. The summed E-state index contributed by atoms with van der Waals surface area (Å²) in [5, 5.41) is 2.38. The van der Waals surface area contributed by atoms with Gasteiger partial charge in [0.25, 0.3) is 5.91 Å². The van der Waals surface area contributed by atoms with Crippen LogP contribution in [0.15, 0.2) is 36.4 Å². The Balaban J connectivity index is 2.24. The third-order valence-electron chi connectivity index (χ3n) is 2.79. The molecule has 0 aliphatic rings. The Hall–Kier alpha value is -2.03. The lowest BCUT2D eigenvalue weighted by Crippen LogP contribution is -2.13. The van der Waals surface area contributed by atoms with E-state index in [-0.39, 0.29) is 20.4 Å². The summed E-state index contributed by atoms with van der Waals surface area (Å²) in [5.74, 6) is -2.70. The lowest BCUT2D eigenvalue weighted by molar-refractivity contribution is 0.0600. The highest BCUT2D eigenvalue weighted by Gasteiger charge is 2.13. The molecule has 0 saturated carbocycles. The highest BCUT2D eigenvalue weighted by molar-refractivity contribution is 14.1. The van der Waals surface area contributed by atoms with Gasteiger partial charge in [-0.05, 0) is 52.9 Å². The second-order valence-electron chi connectivity index (χ2n) is 4.28. The number of carbonyl (C=O) groups excluding carboxylic acids is 2. The first kappa shape index (κ1) is 16.3. The number of esters is 1. The zero-order valence-electron chi connectivity index (χ0n) is 11.3. The van der Waals surface area contributed by atoms with E-state index in [0.717, 1.165) is 12.1 Å². The van der Waals surface area contributed by atoms with Gasteiger partial charge in [-0.2, -0.15) is 0 Å². The molecule has 0 atom stereocenters. The molecule has 0 aromatic heterocycles. The molecule has 2 rings (SSSR count). The van der Waals surface area contributed by atoms with Crippen molar-refractivity contribution in [3.8, 4) is 0 Å². The van der Waals surface area contributed by atoms with Crippen LogP contribution in [0.3, 0.4) is 0 Å². The maximum absolute atomic E-state index is 13.4. The number of carbonyl (C=O) groups is 2. The van der Waals surface area contributed by atoms with Crippen LogP contribution in [0.4, 0.5) is 14.5 Å². The average molecular weight is 417 g/mol. The summed E-state index contributed by atoms with van der Waals surface area (Å²) in [4.78, 5) is 23.5. The molecular formula is C15H10F2INO3. The summed E-state index contributed by atoms with van der Waals surface area (Å²) in [5.41, 5.74) is 0.362. The van der Waals surface area contributed by atoms with E-state index in [4.69, 9.17) is 0 Å². The molecule has 0 spiro atoms. The third-order valence-corrected chi connectivity index (χ3v) is 3.82. The molecule has 0 fully saturated rings. The lowest BCUT2D eigenvalue weighted by Gasteiger charge is -2.08. The molecule has 22 heavy (non-hydrogen) atoms. The minimum absolute atomic E-state index is 0.0103. The van der Waals surface area contributed by atoms with Gasteiger partial charge in [0.1, 0.15) is 11.6 Å². The first-order valence-electron chi connectivity index (χ1n) is 6.06. The van der Waals surface area contributed by atoms with Crippen molar-refractivity contribution < 1.29 is 23.1 Å². The van der Waals surface area contributed by atoms with Crippen LogP contribution in [0.25, 0.3) is 0 Å². The molecule has 7 heteroatoms. The molecule has 1 N–H and O–H groups in total. The van der Waals surface area contributed by atoms with Crippen LogP contribution in [0.2, 0.25) is 0 Å². The number of benzene rings is 2. The highest BCUT2D eigenvalue weighted by atomic mass is 127. The Morgan fingerprint density at radius 1 is 1.09 bits per heavy atom. The molecule has 2 aromatic carbocycles. The number of hydrogen-bond donors (Lipinski definition) is 1. The van der Waals surface area contributed by atoms with E-state index in [1.54, 1.807) is 0 Å². The van der Waals surface area contributed by atoms with Crippen LogP contribution in [0, 0.1) is 15.2 Å². The van der Waals surface area contributed by atoms with E-state index in [2.05, 4.69) is 10.1 Å². The molecule has 4 nitrogen and oxygen atoms in total. The van der Waals surface area contributed by atoms with Gasteiger partial charge in [-0.25, -0.2) is 13.6 Å². The Kier molecular flexibility index (Phi) is 5.07. The maximum Gasteiger partial charge on any atom is 0.337 e. The van der Waals surface area contributed by atoms with Gasteiger partial charge in [-0.15, -0.1) is 0 Å². The molecular weight excluding hydrogens is 407 g/mol. The van der Waals surface area contributed by atoms with Gasteiger partial charge in [0.2, 0.25) is 0 Å². The lowest BCUT2D eigenvalue weighted by atomic mass is 10.1. The molecule has 0 heterocycles. The number of nitrogens with one attached hydrogen (secondary N) is 1. The predicted molar refractivity (Wildman–Crippen MR) is 84.8 cm³/mol. The van der Waals surface area contributed by atoms with Crippen molar-refractivity contribution in [3.63, 3.8) is 0 Å². The molecule has 1 amide bonds. The quantitative estimate of drug-likeness (QED) is 0.472. The van der Waals surface area contributed by atoms with Crippen molar-refractivity contribution in [1.82, 2.24) is 0 Å². The van der Waals surface area contributed by atoms with Crippen LogP contribution in [0.5, 0.6) is 0 Å².